The van der Waals surface area contributed by atoms with Gasteiger partial charge in [-0.15, -0.1) is 0 Å². The molecule has 0 aromatic heterocycles. The van der Waals surface area contributed by atoms with Gasteiger partial charge < -0.3 is 5.73 Å². The fourth-order valence-corrected chi connectivity index (χ4v) is 2.48. The van der Waals surface area contributed by atoms with Crippen LogP contribution in [0.5, 0.6) is 0 Å². The molecular weight excluding hydrogens is 272 g/mol. The first-order chi connectivity index (χ1) is 8.56. The van der Waals surface area contributed by atoms with Crippen molar-refractivity contribution < 1.29 is 4.39 Å². The Morgan fingerprint density at radius 3 is 2.44 bits per heavy atom. The maximum absolute atomic E-state index is 13.7. The lowest BCUT2D eigenvalue weighted by Gasteiger charge is -2.14. The lowest BCUT2D eigenvalue weighted by molar-refractivity contribution is 0.626. The van der Waals surface area contributed by atoms with Crippen LogP contribution in [-0.2, 0) is 6.54 Å². The van der Waals surface area contributed by atoms with E-state index in [2.05, 4.69) is 0 Å². The van der Waals surface area contributed by atoms with E-state index in [1.807, 2.05) is 31.2 Å². The van der Waals surface area contributed by atoms with Crippen molar-refractivity contribution in [2.45, 2.75) is 13.5 Å². The average molecular weight is 284 g/mol. The van der Waals surface area contributed by atoms with Crippen molar-refractivity contribution in [3.05, 3.63) is 57.3 Å². The summed E-state index contributed by atoms with van der Waals surface area (Å²) in [5.41, 5.74) is 9.05. The Labute approximate surface area is 115 Å². The monoisotopic (exact) mass is 283 g/mol. The number of hydrogen-bond donors (Lipinski definition) is 1. The van der Waals surface area contributed by atoms with E-state index in [0.29, 0.717) is 5.56 Å². The Morgan fingerprint density at radius 1 is 1.17 bits per heavy atom. The third kappa shape index (κ3) is 2.24. The average Bonchev–Trinajstić information content (AvgIpc) is 2.36. The Bertz CT molecular complexity index is 597. The minimum absolute atomic E-state index is 0.00301. The van der Waals surface area contributed by atoms with E-state index in [1.54, 1.807) is 6.07 Å². The van der Waals surface area contributed by atoms with Gasteiger partial charge in [0.1, 0.15) is 0 Å². The summed E-state index contributed by atoms with van der Waals surface area (Å²) >= 11 is 11.8. The van der Waals surface area contributed by atoms with Crippen molar-refractivity contribution in [2.24, 2.45) is 5.73 Å². The molecule has 0 atom stereocenters. The van der Waals surface area contributed by atoms with Gasteiger partial charge in [-0.05, 0) is 35.2 Å². The van der Waals surface area contributed by atoms with Gasteiger partial charge in [0.2, 0.25) is 0 Å². The molecule has 0 bridgehead atoms. The Hall–Kier alpha value is -1.09. The minimum Gasteiger partial charge on any atom is -0.326 e. The summed E-state index contributed by atoms with van der Waals surface area (Å²) in [6.07, 6.45) is 0. The standard InChI is InChI=1S/C14H12Cl2FN/c1-8-4-2-3-5-9(8)10-6-12(15)14(17)13(16)11(10)7-18/h2-6H,7,18H2,1H3. The van der Waals surface area contributed by atoms with Gasteiger partial charge >= 0.3 is 0 Å². The molecule has 2 N–H and O–H groups in total. The zero-order valence-electron chi connectivity index (χ0n) is 9.81. The number of rotatable bonds is 2. The van der Waals surface area contributed by atoms with Crippen molar-refractivity contribution in [3.8, 4) is 11.1 Å². The molecule has 0 unspecified atom stereocenters. The van der Waals surface area contributed by atoms with Gasteiger partial charge in [0, 0.05) is 6.54 Å². The molecular formula is C14H12Cl2FN. The molecule has 0 fully saturated rings. The molecule has 0 amide bonds. The highest BCUT2D eigenvalue weighted by molar-refractivity contribution is 6.36. The van der Waals surface area contributed by atoms with Gasteiger partial charge in [-0.2, -0.15) is 0 Å². The molecule has 0 aliphatic heterocycles. The lowest BCUT2D eigenvalue weighted by Crippen LogP contribution is -2.03. The van der Waals surface area contributed by atoms with Crippen molar-refractivity contribution in [1.82, 2.24) is 0 Å². The van der Waals surface area contributed by atoms with Crippen LogP contribution in [0.25, 0.3) is 11.1 Å². The van der Waals surface area contributed by atoms with E-state index in [4.69, 9.17) is 28.9 Å². The molecule has 18 heavy (non-hydrogen) atoms. The zero-order chi connectivity index (χ0) is 13.3. The van der Waals surface area contributed by atoms with Crippen LogP contribution in [0.1, 0.15) is 11.1 Å². The van der Waals surface area contributed by atoms with Crippen LogP contribution >= 0.6 is 23.2 Å². The summed E-state index contributed by atoms with van der Waals surface area (Å²) in [6.45, 7) is 2.14. The van der Waals surface area contributed by atoms with E-state index in [1.165, 1.54) is 0 Å². The molecule has 2 rings (SSSR count). The van der Waals surface area contributed by atoms with Crippen molar-refractivity contribution in [2.75, 3.05) is 0 Å². The predicted molar refractivity (Wildman–Crippen MR) is 74.5 cm³/mol. The lowest BCUT2D eigenvalue weighted by atomic mass is 9.96. The summed E-state index contributed by atoms with van der Waals surface area (Å²) in [7, 11) is 0. The maximum atomic E-state index is 13.7. The fourth-order valence-electron chi connectivity index (χ4n) is 1.95. The van der Waals surface area contributed by atoms with Crippen LogP contribution in [-0.4, -0.2) is 0 Å². The Morgan fingerprint density at radius 2 is 1.83 bits per heavy atom. The third-order valence-electron chi connectivity index (χ3n) is 2.90. The quantitative estimate of drug-likeness (QED) is 0.803. The second kappa shape index (κ2) is 5.27. The number of hydrogen-bond acceptors (Lipinski definition) is 1. The molecule has 0 saturated carbocycles. The molecule has 0 aliphatic carbocycles. The SMILES string of the molecule is Cc1ccccc1-c1cc(Cl)c(F)c(Cl)c1CN. The minimum atomic E-state index is -0.615. The normalized spacial score (nSPS) is 10.7. The highest BCUT2D eigenvalue weighted by Gasteiger charge is 2.16. The van der Waals surface area contributed by atoms with E-state index in [-0.39, 0.29) is 16.6 Å². The van der Waals surface area contributed by atoms with Crippen molar-refractivity contribution in [3.63, 3.8) is 0 Å². The molecule has 1 nitrogen and oxygen atoms in total. The molecule has 0 radical (unpaired) electrons. The number of benzene rings is 2. The number of nitrogens with two attached hydrogens (primary N) is 1. The number of halogens is 3. The summed E-state index contributed by atoms with van der Waals surface area (Å²) in [5, 5.41) is 0.0127. The van der Waals surface area contributed by atoms with Gasteiger partial charge in [-0.1, -0.05) is 47.5 Å². The largest absolute Gasteiger partial charge is 0.326 e. The van der Waals surface area contributed by atoms with Gasteiger partial charge in [0.05, 0.1) is 10.0 Å². The molecule has 0 saturated heterocycles. The van der Waals surface area contributed by atoms with Crippen molar-refractivity contribution >= 4 is 23.2 Å². The summed E-state index contributed by atoms with van der Waals surface area (Å²) in [4.78, 5) is 0. The maximum Gasteiger partial charge on any atom is 0.160 e. The van der Waals surface area contributed by atoms with E-state index < -0.39 is 5.82 Å². The second-order valence-electron chi connectivity index (χ2n) is 4.03. The van der Waals surface area contributed by atoms with E-state index >= 15 is 0 Å². The van der Waals surface area contributed by atoms with Crippen LogP contribution < -0.4 is 5.73 Å². The first-order valence-electron chi connectivity index (χ1n) is 5.48. The number of aryl methyl sites for hydroxylation is 1. The fraction of sp³-hybridized carbons (Fsp3) is 0.143. The highest BCUT2D eigenvalue weighted by Crippen LogP contribution is 2.36. The summed E-state index contributed by atoms with van der Waals surface area (Å²) in [6, 6.07) is 9.34. The first kappa shape index (κ1) is 13.3. The van der Waals surface area contributed by atoms with Crippen LogP contribution in [0.3, 0.4) is 0 Å². The molecule has 0 aliphatic rings. The topological polar surface area (TPSA) is 26.0 Å². The van der Waals surface area contributed by atoms with Crippen LogP contribution in [0.2, 0.25) is 10.0 Å². The molecule has 2 aromatic carbocycles. The summed E-state index contributed by atoms with van der Waals surface area (Å²) in [5.74, 6) is -0.615. The van der Waals surface area contributed by atoms with E-state index in [9.17, 15) is 4.39 Å². The van der Waals surface area contributed by atoms with Gasteiger partial charge in [0.25, 0.3) is 0 Å². The Balaban J connectivity index is 2.76. The molecule has 0 heterocycles. The second-order valence-corrected chi connectivity index (χ2v) is 4.82. The first-order valence-corrected chi connectivity index (χ1v) is 6.24. The predicted octanol–water partition coefficient (Wildman–Crippen LogP) is 4.57. The van der Waals surface area contributed by atoms with Crippen LogP contribution in [0.4, 0.5) is 4.39 Å². The van der Waals surface area contributed by atoms with Gasteiger partial charge in [-0.3, -0.25) is 0 Å². The molecule has 94 valence electrons. The van der Waals surface area contributed by atoms with Crippen LogP contribution in [0.15, 0.2) is 30.3 Å². The highest BCUT2D eigenvalue weighted by atomic mass is 35.5. The van der Waals surface area contributed by atoms with E-state index in [0.717, 1.165) is 16.7 Å². The molecule has 0 spiro atoms. The van der Waals surface area contributed by atoms with Crippen molar-refractivity contribution in [1.29, 1.82) is 0 Å². The molecule has 2 aromatic rings. The van der Waals surface area contributed by atoms with Crippen LogP contribution in [0, 0.1) is 12.7 Å². The third-order valence-corrected chi connectivity index (χ3v) is 3.57. The van der Waals surface area contributed by atoms with Gasteiger partial charge in [-0.25, -0.2) is 4.39 Å². The zero-order valence-corrected chi connectivity index (χ0v) is 11.3. The Kier molecular flexibility index (Phi) is 3.91. The molecule has 4 heteroatoms. The van der Waals surface area contributed by atoms with Gasteiger partial charge in [0.15, 0.2) is 5.82 Å². The smallest absolute Gasteiger partial charge is 0.160 e. The summed E-state index contributed by atoms with van der Waals surface area (Å²) < 4.78 is 13.7.